The molecule has 1 aromatic carbocycles. The van der Waals surface area contributed by atoms with E-state index in [-0.39, 0.29) is 5.44 Å². The number of benzene rings is 1. The van der Waals surface area contributed by atoms with Gasteiger partial charge in [-0.15, -0.1) is 0 Å². The monoisotopic (exact) mass is 952 g/mol. The lowest BCUT2D eigenvalue weighted by atomic mass is 9.97. The van der Waals surface area contributed by atoms with E-state index in [0.717, 1.165) is 4.90 Å². The van der Waals surface area contributed by atoms with Crippen molar-refractivity contribution in [1.29, 1.82) is 0 Å². The molecule has 1 aromatic rings. The zero-order valence-corrected chi connectivity index (χ0v) is 48.3. The second kappa shape index (κ2) is 20.2. The lowest BCUT2D eigenvalue weighted by Gasteiger charge is -2.54. The molecule has 0 aliphatic carbocycles. The molecule has 0 unspecified atom stereocenters. The first-order valence-corrected chi connectivity index (χ1v) is 46.1. The summed E-state index contributed by atoms with van der Waals surface area (Å²) < 4.78 is 71.3. The Balaban J connectivity index is 2.30. The van der Waals surface area contributed by atoms with Crippen LogP contribution >= 0.6 is 11.8 Å². The zero-order chi connectivity index (χ0) is 44.4. The van der Waals surface area contributed by atoms with Crippen LogP contribution in [0.3, 0.4) is 0 Å². The fourth-order valence-corrected chi connectivity index (χ4v) is 14.6. The Kier molecular flexibility index (Phi) is 18.5. The van der Waals surface area contributed by atoms with Gasteiger partial charge < -0.3 is 45.2 Å². The van der Waals surface area contributed by atoms with Crippen LogP contribution in [0.15, 0.2) is 29.2 Å². The maximum Gasteiger partial charge on any atom is 0.186 e. The van der Waals surface area contributed by atoms with Crippen LogP contribution in [0.2, 0.25) is 137 Å². The van der Waals surface area contributed by atoms with Crippen molar-refractivity contribution in [2.75, 3.05) is 13.2 Å². The molecule has 10 atom stereocenters. The van der Waals surface area contributed by atoms with E-state index in [1.165, 1.54) is 5.56 Å². The predicted molar refractivity (Wildman–Crippen MR) is 259 cm³/mol. The van der Waals surface area contributed by atoms with Gasteiger partial charge in [-0.05, 0) is 157 Å². The largest absolute Gasteiger partial charge is 0.415 e. The van der Waals surface area contributed by atoms with Gasteiger partial charge >= 0.3 is 0 Å². The molecule has 0 radical (unpaired) electrons. The van der Waals surface area contributed by atoms with Crippen molar-refractivity contribution < 1.29 is 45.2 Å². The number of ether oxygens (including phenoxy) is 3. The SMILES string of the molecule is Cc1ccc(S[C@@H]2O[C@H](CO[Si](C)(C)C)[C@@H](O[C@H]3O[C@H](CO[Si](C)(C)C)[C@@H](O[Si](C)(C)C)[C@H](O[Si](C)(C)C)[C@H]3O[Si](C)(C)C)[C@H](O[Si](C)(C)C)[C@H]2O[Si](C)(C)C)cc1. The Morgan fingerprint density at radius 3 is 1.21 bits per heavy atom. The molecule has 10 nitrogen and oxygen atoms in total. The van der Waals surface area contributed by atoms with E-state index in [9.17, 15) is 0 Å². The molecule has 2 heterocycles. The van der Waals surface area contributed by atoms with E-state index in [1.54, 1.807) is 11.8 Å². The van der Waals surface area contributed by atoms with Crippen LogP contribution in [0.5, 0.6) is 0 Å². The van der Waals surface area contributed by atoms with Gasteiger partial charge in [0.2, 0.25) is 0 Å². The van der Waals surface area contributed by atoms with E-state index in [4.69, 9.17) is 45.2 Å². The Bertz CT molecular complexity index is 1410. The topological polar surface area (TPSA) is 92.3 Å². The molecule has 338 valence electrons. The fourth-order valence-electron chi connectivity index (χ4n) is 6.67. The molecule has 0 aromatic heterocycles. The van der Waals surface area contributed by atoms with Crippen molar-refractivity contribution in [2.24, 2.45) is 0 Å². The van der Waals surface area contributed by atoms with Gasteiger partial charge in [-0.2, -0.15) is 0 Å². The van der Waals surface area contributed by atoms with E-state index >= 15 is 0 Å². The summed E-state index contributed by atoms with van der Waals surface area (Å²) in [5, 5.41) is 0. The van der Waals surface area contributed by atoms with Gasteiger partial charge in [-0.25, -0.2) is 0 Å². The average Bonchev–Trinajstić information content (AvgIpc) is 2.98. The van der Waals surface area contributed by atoms with Crippen molar-refractivity contribution in [3.8, 4) is 0 Å². The lowest BCUT2D eigenvalue weighted by molar-refractivity contribution is -0.329. The first-order chi connectivity index (χ1) is 26.0. The molecule has 0 amide bonds. The van der Waals surface area contributed by atoms with Gasteiger partial charge in [0.05, 0.1) is 13.2 Å². The number of thioether (sulfide) groups is 1. The number of hydrogen-bond donors (Lipinski definition) is 0. The minimum Gasteiger partial charge on any atom is -0.415 e. The minimum absolute atomic E-state index is 0.348. The number of aryl methyl sites for hydroxylation is 1. The summed E-state index contributed by atoms with van der Waals surface area (Å²) in [4.78, 5) is 1.11. The number of rotatable bonds is 20. The summed E-state index contributed by atoms with van der Waals surface area (Å²) in [7, 11) is -14.9. The van der Waals surface area contributed by atoms with Crippen LogP contribution in [-0.2, 0) is 45.2 Å². The van der Waals surface area contributed by atoms with Crippen molar-refractivity contribution in [2.45, 2.75) is 210 Å². The Hall–Kier alpha value is 0.688. The van der Waals surface area contributed by atoms with Gasteiger partial charge in [0.15, 0.2) is 64.5 Å². The molecular weight excluding hydrogens is 869 g/mol. The van der Waals surface area contributed by atoms with Gasteiger partial charge in [0, 0.05) is 4.90 Å². The van der Waals surface area contributed by atoms with Crippen LogP contribution in [0, 0.1) is 6.92 Å². The first-order valence-electron chi connectivity index (χ1n) is 21.3. The smallest absolute Gasteiger partial charge is 0.186 e. The highest BCUT2D eigenvalue weighted by atomic mass is 32.2. The van der Waals surface area contributed by atoms with Gasteiger partial charge in [0.25, 0.3) is 0 Å². The maximum atomic E-state index is 7.53. The molecule has 2 fully saturated rings. The lowest BCUT2D eigenvalue weighted by Crippen LogP contribution is -2.69. The van der Waals surface area contributed by atoms with Crippen molar-refractivity contribution in [3.05, 3.63) is 29.8 Å². The van der Waals surface area contributed by atoms with E-state index in [0.29, 0.717) is 13.2 Å². The molecule has 2 aliphatic rings. The average molecular weight is 954 g/mol. The highest BCUT2D eigenvalue weighted by Gasteiger charge is 2.57. The molecule has 0 N–H and O–H groups in total. The summed E-state index contributed by atoms with van der Waals surface area (Å²) in [5.74, 6) is 0. The first kappa shape index (κ1) is 53.0. The Morgan fingerprint density at radius 2 is 0.793 bits per heavy atom. The molecule has 3 rings (SSSR count). The standard InChI is InChI=1S/C40H84O10SSi7/c1-29-23-25-30(26-24-29)51-40-38(50-58(20,21)22)35(47-55(11,12)13)33(31(44-40)27-41-52(2,3)4)45-39-37(49-57(17,18)19)36(48-56(14,15)16)34(46-54(8,9)10)32(43-39)28-42-53(5,6)7/h23-26,31-40H,27-28H2,1-22H3/t31-,32-,33-,34-,35+,36+,37-,38-,39-,40+/m1/s1. The summed E-state index contributed by atoms with van der Waals surface area (Å²) in [6, 6.07) is 8.61. The summed E-state index contributed by atoms with van der Waals surface area (Å²) in [6.45, 7) is 49.4. The highest BCUT2D eigenvalue weighted by molar-refractivity contribution is 7.99. The third-order valence-corrected chi connectivity index (χ3v) is 16.7. The molecule has 0 bridgehead atoms. The van der Waals surface area contributed by atoms with Crippen molar-refractivity contribution in [1.82, 2.24) is 0 Å². The quantitative estimate of drug-likeness (QED) is 0.117. The zero-order valence-electron chi connectivity index (χ0n) is 40.5. The molecule has 2 saturated heterocycles. The molecule has 18 heteroatoms. The summed E-state index contributed by atoms with van der Waals surface area (Å²) >= 11 is 1.69. The molecular formula is C40H84O10SSi7. The minimum atomic E-state index is -2.23. The maximum absolute atomic E-state index is 7.53. The number of hydrogen-bond acceptors (Lipinski definition) is 11. The summed E-state index contributed by atoms with van der Waals surface area (Å²) in [6.07, 6.45) is -4.74. The van der Waals surface area contributed by atoms with E-state index < -0.39 is 113 Å². The fraction of sp³-hybridized carbons (Fsp3) is 0.850. The Labute approximate surface area is 366 Å². The van der Waals surface area contributed by atoms with Crippen LogP contribution < -0.4 is 0 Å². The van der Waals surface area contributed by atoms with Gasteiger partial charge in [0.1, 0.15) is 54.3 Å². The molecule has 2 aliphatic heterocycles. The third kappa shape index (κ3) is 19.2. The summed E-state index contributed by atoms with van der Waals surface area (Å²) in [5.41, 5.74) is 0.839. The van der Waals surface area contributed by atoms with Crippen LogP contribution in [-0.4, -0.2) is 132 Å². The van der Waals surface area contributed by atoms with Crippen molar-refractivity contribution >= 4 is 70.0 Å². The van der Waals surface area contributed by atoms with Gasteiger partial charge in [-0.1, -0.05) is 29.5 Å². The highest BCUT2D eigenvalue weighted by Crippen LogP contribution is 2.42. The van der Waals surface area contributed by atoms with Crippen LogP contribution in [0.25, 0.3) is 0 Å². The Morgan fingerprint density at radius 1 is 0.431 bits per heavy atom. The van der Waals surface area contributed by atoms with Gasteiger partial charge in [-0.3, -0.25) is 0 Å². The van der Waals surface area contributed by atoms with E-state index in [2.05, 4.69) is 169 Å². The normalized spacial score (nSPS) is 29.8. The van der Waals surface area contributed by atoms with E-state index in [1.807, 2.05) is 0 Å². The molecule has 0 spiro atoms. The van der Waals surface area contributed by atoms with Crippen LogP contribution in [0.4, 0.5) is 0 Å². The van der Waals surface area contributed by atoms with Crippen molar-refractivity contribution in [3.63, 3.8) is 0 Å². The molecule has 0 saturated carbocycles. The second-order valence-electron chi connectivity index (χ2n) is 22.9. The predicted octanol–water partition coefficient (Wildman–Crippen LogP) is 10.7. The van der Waals surface area contributed by atoms with Crippen LogP contribution in [0.1, 0.15) is 5.56 Å². The molecule has 58 heavy (non-hydrogen) atoms. The second-order valence-corrected chi connectivity index (χ2v) is 55.4. The third-order valence-electron chi connectivity index (χ3n) is 8.56.